The molecule has 2 aromatic carbocycles. The number of alkyl halides is 3. The van der Waals surface area contributed by atoms with Crippen LogP contribution in [-0.4, -0.2) is 45.7 Å². The normalized spacial score (nSPS) is 19.1. The van der Waals surface area contributed by atoms with Gasteiger partial charge in [0, 0.05) is 17.7 Å². The molecule has 1 heterocycles. The highest BCUT2D eigenvalue weighted by atomic mass is 19.4. The van der Waals surface area contributed by atoms with Gasteiger partial charge in [0.2, 0.25) is 0 Å². The van der Waals surface area contributed by atoms with E-state index in [2.05, 4.69) is 5.10 Å². The Morgan fingerprint density at radius 3 is 2.48 bits per heavy atom. The Hall–Kier alpha value is -3.47. The van der Waals surface area contributed by atoms with E-state index >= 15 is 0 Å². The molecule has 3 rings (SSSR count). The van der Waals surface area contributed by atoms with Gasteiger partial charge < -0.3 is 9.84 Å². The first-order valence-corrected chi connectivity index (χ1v) is 8.17. The topological polar surface area (TPSA) is 105 Å². The lowest BCUT2D eigenvalue weighted by Gasteiger charge is -2.32. The molecule has 0 fully saturated rings. The van der Waals surface area contributed by atoms with Crippen molar-refractivity contribution in [2.75, 3.05) is 7.11 Å². The molecule has 1 aliphatic heterocycles. The Labute approximate surface area is 162 Å². The number of carbonyl (C=O) groups excluding carboxylic acids is 1. The Kier molecular flexibility index (Phi) is 5.01. The molecular formula is C18H14F3N3O5. The molecule has 1 N–H and O–H groups in total. The smallest absolute Gasteiger partial charge is 0.438 e. The molecule has 0 aromatic heterocycles. The molecule has 0 spiro atoms. The van der Waals surface area contributed by atoms with Crippen LogP contribution in [0.2, 0.25) is 0 Å². The summed E-state index contributed by atoms with van der Waals surface area (Å²) < 4.78 is 45.9. The van der Waals surface area contributed by atoms with Crippen molar-refractivity contribution in [2.45, 2.75) is 18.3 Å². The first-order chi connectivity index (χ1) is 13.6. The average molecular weight is 409 g/mol. The second-order valence-electron chi connectivity index (χ2n) is 6.19. The second-order valence-corrected chi connectivity index (χ2v) is 6.19. The molecule has 11 heteroatoms. The van der Waals surface area contributed by atoms with E-state index in [1.165, 1.54) is 31.4 Å². The molecule has 2 aromatic rings. The molecule has 8 nitrogen and oxygen atoms in total. The van der Waals surface area contributed by atoms with Crippen LogP contribution in [0.5, 0.6) is 5.75 Å². The van der Waals surface area contributed by atoms with Gasteiger partial charge >= 0.3 is 6.18 Å². The number of amides is 1. The summed E-state index contributed by atoms with van der Waals surface area (Å²) in [5.74, 6) is -0.861. The predicted molar refractivity (Wildman–Crippen MR) is 94.4 cm³/mol. The quantitative estimate of drug-likeness (QED) is 0.617. The third kappa shape index (κ3) is 3.63. The minimum absolute atomic E-state index is 0.0778. The van der Waals surface area contributed by atoms with E-state index < -0.39 is 40.4 Å². The lowest BCUT2D eigenvalue weighted by Crippen LogP contribution is -2.56. The lowest BCUT2D eigenvalue weighted by molar-refractivity contribution is -0.384. The third-order valence-corrected chi connectivity index (χ3v) is 4.36. The van der Waals surface area contributed by atoms with Gasteiger partial charge in [0.15, 0.2) is 0 Å². The number of hydrazone groups is 1. The van der Waals surface area contributed by atoms with E-state index in [0.717, 1.165) is 24.3 Å². The summed E-state index contributed by atoms with van der Waals surface area (Å²) in [6.07, 6.45) is -6.22. The summed E-state index contributed by atoms with van der Waals surface area (Å²) in [6.45, 7) is 0. The number of benzene rings is 2. The predicted octanol–water partition coefficient (Wildman–Crippen LogP) is 3.10. The molecule has 0 aliphatic carbocycles. The third-order valence-electron chi connectivity index (χ3n) is 4.36. The number of rotatable bonds is 4. The molecule has 29 heavy (non-hydrogen) atoms. The first-order valence-electron chi connectivity index (χ1n) is 8.17. The highest BCUT2D eigenvalue weighted by molar-refractivity contribution is 6.05. The van der Waals surface area contributed by atoms with Gasteiger partial charge in [-0.3, -0.25) is 14.9 Å². The molecule has 0 radical (unpaired) electrons. The van der Waals surface area contributed by atoms with E-state index in [0.29, 0.717) is 5.75 Å². The van der Waals surface area contributed by atoms with Crippen LogP contribution in [0.3, 0.4) is 0 Å². The second kappa shape index (κ2) is 7.17. The Bertz CT molecular complexity index is 991. The van der Waals surface area contributed by atoms with Crippen molar-refractivity contribution in [3.63, 3.8) is 0 Å². The van der Waals surface area contributed by atoms with E-state index in [9.17, 15) is 33.2 Å². The molecule has 0 saturated heterocycles. The number of hydrogen-bond acceptors (Lipinski definition) is 6. The number of ether oxygens (including phenoxy) is 1. The highest BCUT2D eigenvalue weighted by Gasteiger charge is 2.63. The maximum absolute atomic E-state index is 13.6. The number of non-ortho nitro benzene ring substituents is 1. The van der Waals surface area contributed by atoms with Crippen molar-refractivity contribution in [3.8, 4) is 5.75 Å². The molecule has 152 valence electrons. The molecule has 1 atom stereocenters. The average Bonchev–Trinajstić information content (AvgIpc) is 3.06. The summed E-state index contributed by atoms with van der Waals surface area (Å²) in [4.78, 5) is 22.8. The van der Waals surface area contributed by atoms with Gasteiger partial charge in [0.05, 0.1) is 24.2 Å². The number of halogens is 3. The van der Waals surface area contributed by atoms with E-state index in [1.807, 2.05) is 0 Å². The van der Waals surface area contributed by atoms with Crippen LogP contribution in [0.4, 0.5) is 18.9 Å². The van der Waals surface area contributed by atoms with Crippen molar-refractivity contribution in [1.29, 1.82) is 0 Å². The maximum Gasteiger partial charge on any atom is 0.438 e. The summed E-state index contributed by atoms with van der Waals surface area (Å²) in [5.41, 5.74) is -4.41. The molecule has 0 saturated carbocycles. The molecule has 1 amide bonds. The van der Waals surface area contributed by atoms with Crippen LogP contribution in [0, 0.1) is 10.1 Å². The summed E-state index contributed by atoms with van der Waals surface area (Å²) in [6, 6.07) is 10.0. The standard InChI is InChI=1S/C18H14F3N3O5/c1-29-14-7-5-11(6-8-14)15-10-17(26,18(19,20)21)23(22-15)16(25)12-3-2-4-13(9-12)24(27)28/h2-9,26H,10H2,1H3/t17-/m1/s1. The van der Waals surface area contributed by atoms with Gasteiger partial charge in [-0.25, -0.2) is 0 Å². The summed E-state index contributed by atoms with van der Waals surface area (Å²) in [7, 11) is 1.42. The Morgan fingerprint density at radius 1 is 1.28 bits per heavy atom. The van der Waals surface area contributed by atoms with Crippen molar-refractivity contribution >= 4 is 17.3 Å². The zero-order chi connectivity index (χ0) is 21.4. The number of nitro groups is 1. The van der Waals surface area contributed by atoms with Crippen molar-refractivity contribution in [1.82, 2.24) is 5.01 Å². The van der Waals surface area contributed by atoms with Crippen molar-refractivity contribution < 1.29 is 32.7 Å². The molecule has 0 unspecified atom stereocenters. The van der Waals surface area contributed by atoms with Crippen molar-refractivity contribution in [2.24, 2.45) is 5.10 Å². The van der Waals surface area contributed by atoms with Crippen LogP contribution < -0.4 is 4.74 Å². The molecule has 0 bridgehead atoms. The van der Waals surface area contributed by atoms with Crippen LogP contribution in [0.15, 0.2) is 53.6 Å². The van der Waals surface area contributed by atoms with Gasteiger partial charge in [-0.2, -0.15) is 23.3 Å². The largest absolute Gasteiger partial charge is 0.497 e. The van der Waals surface area contributed by atoms with Gasteiger partial charge in [-0.05, 0) is 35.9 Å². The summed E-state index contributed by atoms with van der Waals surface area (Å²) >= 11 is 0. The van der Waals surface area contributed by atoms with Gasteiger partial charge in [0.1, 0.15) is 5.75 Å². The van der Waals surface area contributed by atoms with Gasteiger partial charge in [-0.1, -0.05) is 6.07 Å². The fourth-order valence-electron chi connectivity index (χ4n) is 2.80. The maximum atomic E-state index is 13.6. The highest BCUT2D eigenvalue weighted by Crippen LogP contribution is 2.42. The fraction of sp³-hybridized carbons (Fsp3) is 0.222. The Morgan fingerprint density at radius 2 is 1.93 bits per heavy atom. The van der Waals surface area contributed by atoms with E-state index in [-0.39, 0.29) is 16.3 Å². The zero-order valence-electron chi connectivity index (χ0n) is 14.9. The zero-order valence-corrected chi connectivity index (χ0v) is 14.9. The van der Waals surface area contributed by atoms with E-state index in [1.54, 1.807) is 0 Å². The Balaban J connectivity index is 2.04. The number of methoxy groups -OCH3 is 1. The van der Waals surface area contributed by atoms with Crippen LogP contribution in [-0.2, 0) is 0 Å². The van der Waals surface area contributed by atoms with Gasteiger partial charge in [-0.15, -0.1) is 0 Å². The number of nitro benzene ring substituents is 1. The molecular weight excluding hydrogens is 395 g/mol. The van der Waals surface area contributed by atoms with Crippen molar-refractivity contribution in [3.05, 3.63) is 69.8 Å². The number of carbonyl (C=O) groups is 1. The lowest BCUT2D eigenvalue weighted by atomic mass is 10.0. The SMILES string of the molecule is COc1ccc(C2=NN(C(=O)c3cccc([N+](=O)[O-])c3)[C@](O)(C(F)(F)F)C2)cc1. The number of aliphatic hydroxyl groups is 1. The van der Waals surface area contributed by atoms with Crippen LogP contribution >= 0.6 is 0 Å². The van der Waals surface area contributed by atoms with Crippen LogP contribution in [0.1, 0.15) is 22.3 Å². The van der Waals surface area contributed by atoms with E-state index in [4.69, 9.17) is 4.74 Å². The molecule has 1 aliphatic rings. The number of nitrogens with zero attached hydrogens (tertiary/aromatic N) is 3. The van der Waals surface area contributed by atoms with Gasteiger partial charge in [0.25, 0.3) is 17.3 Å². The number of hydrogen-bond donors (Lipinski definition) is 1. The minimum atomic E-state index is -5.22. The first kappa shape index (κ1) is 20.3. The minimum Gasteiger partial charge on any atom is -0.497 e. The fourth-order valence-corrected chi connectivity index (χ4v) is 2.80. The monoisotopic (exact) mass is 409 g/mol. The van der Waals surface area contributed by atoms with Crippen LogP contribution in [0.25, 0.3) is 0 Å². The summed E-state index contributed by atoms with van der Waals surface area (Å²) in [5, 5.41) is 24.8.